The van der Waals surface area contributed by atoms with Crippen molar-refractivity contribution in [3.8, 4) is 23.3 Å². The van der Waals surface area contributed by atoms with Crippen molar-refractivity contribution in [1.82, 2.24) is 5.32 Å². The first-order valence-electron chi connectivity index (χ1n) is 7.19. The maximum absolute atomic E-state index is 12.0. The maximum atomic E-state index is 12.0. The molecular formula is C17H15N3O5. The van der Waals surface area contributed by atoms with Gasteiger partial charge in [-0.15, -0.1) is 0 Å². The van der Waals surface area contributed by atoms with Crippen molar-refractivity contribution in [1.29, 1.82) is 5.26 Å². The van der Waals surface area contributed by atoms with Crippen molar-refractivity contribution in [2.24, 2.45) is 0 Å². The van der Waals surface area contributed by atoms with Crippen LogP contribution in [0.1, 0.15) is 22.3 Å². The number of aromatic hydroxyl groups is 3. The first-order valence-corrected chi connectivity index (χ1v) is 7.19. The van der Waals surface area contributed by atoms with Crippen molar-refractivity contribution >= 4 is 17.5 Å². The number of nitrogens with one attached hydrogen (secondary N) is 2. The summed E-state index contributed by atoms with van der Waals surface area (Å²) in [6.45, 7) is 0.174. The summed E-state index contributed by atoms with van der Waals surface area (Å²) in [4.78, 5) is 23.3. The van der Waals surface area contributed by atoms with Crippen LogP contribution in [-0.4, -0.2) is 27.1 Å². The normalized spacial score (nSPS) is 9.88. The molecule has 0 unspecified atom stereocenters. The Labute approximate surface area is 143 Å². The minimum Gasteiger partial charge on any atom is -0.504 e. The standard InChI is InChI=1S/C17H15N3O5/c18-6-5-15(23)20-12-3-1-10(2-4-12)9-19-17(25)11-7-13(21)16(24)14(22)8-11/h1-4,7-8,21-22,24H,5,9H2,(H,19,25)(H,20,23). The number of carbonyl (C=O) groups is 2. The third-order valence-corrected chi connectivity index (χ3v) is 3.26. The molecule has 0 spiro atoms. The van der Waals surface area contributed by atoms with Gasteiger partial charge in [0.25, 0.3) is 5.91 Å². The van der Waals surface area contributed by atoms with Crippen LogP contribution in [-0.2, 0) is 11.3 Å². The number of benzene rings is 2. The highest BCUT2D eigenvalue weighted by molar-refractivity contribution is 5.95. The zero-order valence-electron chi connectivity index (χ0n) is 13.0. The second kappa shape index (κ2) is 7.70. The predicted molar refractivity (Wildman–Crippen MR) is 87.9 cm³/mol. The van der Waals surface area contributed by atoms with E-state index in [1.807, 2.05) is 0 Å². The van der Waals surface area contributed by atoms with Gasteiger partial charge in [-0.1, -0.05) is 12.1 Å². The quantitative estimate of drug-likeness (QED) is 0.523. The SMILES string of the molecule is N#CCC(=O)Nc1ccc(CNC(=O)c2cc(O)c(O)c(O)c2)cc1. The zero-order chi connectivity index (χ0) is 18.4. The van der Waals surface area contributed by atoms with E-state index in [1.54, 1.807) is 30.3 Å². The first-order chi connectivity index (χ1) is 11.9. The highest BCUT2D eigenvalue weighted by atomic mass is 16.3. The van der Waals surface area contributed by atoms with E-state index >= 15 is 0 Å². The lowest BCUT2D eigenvalue weighted by molar-refractivity contribution is -0.115. The largest absolute Gasteiger partial charge is 0.504 e. The Bertz CT molecular complexity index is 817. The lowest BCUT2D eigenvalue weighted by atomic mass is 10.1. The summed E-state index contributed by atoms with van der Waals surface area (Å²) >= 11 is 0. The molecule has 8 nitrogen and oxygen atoms in total. The molecule has 0 fully saturated rings. The topological polar surface area (TPSA) is 143 Å². The van der Waals surface area contributed by atoms with Gasteiger partial charge in [0.05, 0.1) is 6.07 Å². The van der Waals surface area contributed by atoms with Gasteiger partial charge in [-0.05, 0) is 29.8 Å². The lowest BCUT2D eigenvalue weighted by Gasteiger charge is -2.08. The van der Waals surface area contributed by atoms with Gasteiger partial charge < -0.3 is 26.0 Å². The fourth-order valence-corrected chi connectivity index (χ4v) is 2.00. The molecule has 8 heteroatoms. The summed E-state index contributed by atoms with van der Waals surface area (Å²) in [5.41, 5.74) is 1.27. The number of hydrogen-bond donors (Lipinski definition) is 5. The van der Waals surface area contributed by atoms with Crippen LogP contribution in [0.25, 0.3) is 0 Å². The van der Waals surface area contributed by atoms with E-state index in [2.05, 4.69) is 10.6 Å². The fraction of sp³-hybridized carbons (Fsp3) is 0.118. The lowest BCUT2D eigenvalue weighted by Crippen LogP contribution is -2.22. The molecule has 0 aliphatic rings. The Balaban J connectivity index is 1.96. The molecular weight excluding hydrogens is 326 g/mol. The molecule has 0 saturated carbocycles. The molecule has 0 aliphatic heterocycles. The number of carbonyl (C=O) groups excluding carboxylic acids is 2. The summed E-state index contributed by atoms with van der Waals surface area (Å²) in [7, 11) is 0. The van der Waals surface area contributed by atoms with Crippen LogP contribution in [0, 0.1) is 11.3 Å². The van der Waals surface area contributed by atoms with E-state index in [0.717, 1.165) is 17.7 Å². The zero-order valence-corrected chi connectivity index (χ0v) is 13.0. The van der Waals surface area contributed by atoms with Gasteiger partial charge in [-0.2, -0.15) is 5.26 Å². The maximum Gasteiger partial charge on any atom is 0.251 e. The molecule has 0 bridgehead atoms. The van der Waals surface area contributed by atoms with Crippen LogP contribution in [0.5, 0.6) is 17.2 Å². The second-order valence-corrected chi connectivity index (χ2v) is 5.13. The third kappa shape index (κ3) is 4.62. The smallest absolute Gasteiger partial charge is 0.251 e. The van der Waals surface area contributed by atoms with Crippen LogP contribution >= 0.6 is 0 Å². The van der Waals surface area contributed by atoms with Crippen molar-refractivity contribution in [3.63, 3.8) is 0 Å². The minimum atomic E-state index is -0.689. The monoisotopic (exact) mass is 341 g/mol. The van der Waals surface area contributed by atoms with Crippen molar-refractivity contribution in [2.75, 3.05) is 5.32 Å². The molecule has 128 valence electrons. The number of anilines is 1. The van der Waals surface area contributed by atoms with E-state index in [4.69, 9.17) is 5.26 Å². The predicted octanol–water partition coefficient (Wildman–Crippen LogP) is 1.59. The number of hydrogen-bond acceptors (Lipinski definition) is 6. The second-order valence-electron chi connectivity index (χ2n) is 5.13. The average molecular weight is 341 g/mol. The van der Waals surface area contributed by atoms with Crippen molar-refractivity contribution in [3.05, 3.63) is 47.5 Å². The fourth-order valence-electron chi connectivity index (χ4n) is 2.00. The number of nitrogens with zero attached hydrogens (tertiary/aromatic N) is 1. The van der Waals surface area contributed by atoms with Crippen LogP contribution < -0.4 is 10.6 Å². The van der Waals surface area contributed by atoms with Gasteiger partial charge in [0, 0.05) is 17.8 Å². The van der Waals surface area contributed by atoms with Crippen LogP contribution in [0.4, 0.5) is 5.69 Å². The summed E-state index contributed by atoms with van der Waals surface area (Å²) < 4.78 is 0. The van der Waals surface area contributed by atoms with E-state index in [0.29, 0.717) is 5.69 Å². The summed E-state index contributed by atoms with van der Waals surface area (Å²) in [5, 5.41) is 41.7. The van der Waals surface area contributed by atoms with Crippen LogP contribution in [0.15, 0.2) is 36.4 Å². The van der Waals surface area contributed by atoms with Gasteiger partial charge in [-0.25, -0.2) is 0 Å². The number of amides is 2. The van der Waals surface area contributed by atoms with E-state index in [9.17, 15) is 24.9 Å². The van der Waals surface area contributed by atoms with E-state index in [-0.39, 0.29) is 18.5 Å². The number of rotatable bonds is 5. The van der Waals surface area contributed by atoms with Gasteiger partial charge in [-0.3, -0.25) is 9.59 Å². The Hall–Kier alpha value is -3.73. The van der Waals surface area contributed by atoms with Gasteiger partial charge in [0.2, 0.25) is 5.91 Å². The van der Waals surface area contributed by atoms with Crippen LogP contribution in [0.3, 0.4) is 0 Å². The summed E-state index contributed by atoms with van der Waals surface area (Å²) in [5.74, 6) is -2.83. The van der Waals surface area contributed by atoms with E-state index in [1.165, 1.54) is 0 Å². The molecule has 0 heterocycles. The summed E-state index contributed by atoms with van der Waals surface area (Å²) in [6.07, 6.45) is -0.232. The molecule has 0 saturated heterocycles. The third-order valence-electron chi connectivity index (χ3n) is 3.26. The number of nitriles is 1. The molecule has 2 aromatic rings. The molecule has 2 amide bonds. The van der Waals surface area contributed by atoms with Crippen molar-refractivity contribution in [2.45, 2.75) is 13.0 Å². The highest BCUT2D eigenvalue weighted by Crippen LogP contribution is 2.35. The molecule has 5 N–H and O–H groups in total. The van der Waals surface area contributed by atoms with E-state index < -0.39 is 29.1 Å². The molecule has 2 rings (SSSR count). The summed E-state index contributed by atoms with van der Waals surface area (Å²) in [6, 6.07) is 10.5. The number of phenolic OH excluding ortho intramolecular Hbond substituents is 3. The molecule has 0 atom stereocenters. The molecule has 0 radical (unpaired) electrons. The molecule has 0 aromatic heterocycles. The average Bonchev–Trinajstić information content (AvgIpc) is 2.58. The Kier molecular flexibility index (Phi) is 5.43. The highest BCUT2D eigenvalue weighted by Gasteiger charge is 2.13. The van der Waals surface area contributed by atoms with Crippen molar-refractivity contribution < 1.29 is 24.9 Å². The Morgan fingerprint density at radius 3 is 2.20 bits per heavy atom. The number of phenols is 3. The Morgan fingerprint density at radius 2 is 1.64 bits per heavy atom. The van der Waals surface area contributed by atoms with Gasteiger partial charge in [0.1, 0.15) is 6.42 Å². The minimum absolute atomic E-state index is 0.00631. The van der Waals surface area contributed by atoms with Gasteiger partial charge >= 0.3 is 0 Å². The molecule has 0 aliphatic carbocycles. The van der Waals surface area contributed by atoms with Gasteiger partial charge in [0.15, 0.2) is 17.2 Å². The molecule has 25 heavy (non-hydrogen) atoms. The Morgan fingerprint density at radius 1 is 1.04 bits per heavy atom. The van der Waals surface area contributed by atoms with Crippen LogP contribution in [0.2, 0.25) is 0 Å². The first kappa shape index (κ1) is 17.6. The molecule has 2 aromatic carbocycles.